The van der Waals surface area contributed by atoms with E-state index in [1.807, 2.05) is 18.1 Å². The fraction of sp³-hybridized carbons (Fsp3) is 0.500. The number of piperidine rings is 1. The number of aryl methyl sites for hydroxylation is 1. The molecule has 0 aromatic carbocycles. The molecule has 4 heterocycles. The molecule has 1 spiro atoms. The van der Waals surface area contributed by atoms with Gasteiger partial charge in [0, 0.05) is 42.8 Å². The van der Waals surface area contributed by atoms with Gasteiger partial charge >= 0.3 is 0 Å². The van der Waals surface area contributed by atoms with E-state index in [4.69, 9.17) is 0 Å². The number of carbonyl (C=O) groups excluding carboxylic acids is 2. The molecule has 1 unspecified atom stereocenters. The molecule has 4 rings (SSSR count). The van der Waals surface area contributed by atoms with Crippen LogP contribution in [-0.4, -0.2) is 50.1 Å². The Morgan fingerprint density at radius 3 is 2.83 bits per heavy atom. The van der Waals surface area contributed by atoms with Crippen molar-refractivity contribution < 1.29 is 9.59 Å². The van der Waals surface area contributed by atoms with E-state index in [-0.39, 0.29) is 23.3 Å². The van der Waals surface area contributed by atoms with Crippen molar-refractivity contribution in [2.24, 2.45) is 7.05 Å². The van der Waals surface area contributed by atoms with Gasteiger partial charge in [0.1, 0.15) is 5.69 Å². The summed E-state index contributed by atoms with van der Waals surface area (Å²) in [4.78, 5) is 30.7. The van der Waals surface area contributed by atoms with Gasteiger partial charge in [-0.25, -0.2) is 4.98 Å². The maximum Gasteiger partial charge on any atom is 0.273 e. The van der Waals surface area contributed by atoms with E-state index in [0.29, 0.717) is 18.8 Å². The van der Waals surface area contributed by atoms with Gasteiger partial charge in [-0.05, 0) is 19.3 Å². The second kappa shape index (κ2) is 5.70. The van der Waals surface area contributed by atoms with Crippen LogP contribution in [0.3, 0.4) is 0 Å². The highest BCUT2D eigenvalue weighted by atomic mass is 32.1. The fourth-order valence-electron chi connectivity index (χ4n) is 3.72. The zero-order chi connectivity index (χ0) is 16.7. The van der Waals surface area contributed by atoms with Gasteiger partial charge in [0.05, 0.1) is 17.6 Å². The van der Waals surface area contributed by atoms with Crippen LogP contribution in [0.25, 0.3) is 0 Å². The number of hydrogen-bond acceptors (Lipinski definition) is 5. The molecule has 1 atom stereocenters. The third-order valence-electron chi connectivity index (χ3n) is 5.09. The van der Waals surface area contributed by atoms with Crippen LogP contribution >= 0.6 is 11.3 Å². The molecule has 0 radical (unpaired) electrons. The van der Waals surface area contributed by atoms with E-state index in [1.165, 1.54) is 11.3 Å². The first-order chi connectivity index (χ1) is 11.6. The standard InChI is InChI=1S/C16H19N5O2S/c1-20-8-11(7-18-20)12-6-16(19-14(12)22)2-4-21(5-3-16)15(23)13-9-24-10-17-13/h7-10,12H,2-6H2,1H3,(H,19,22). The molecule has 7 nitrogen and oxygen atoms in total. The summed E-state index contributed by atoms with van der Waals surface area (Å²) in [6.45, 7) is 1.30. The number of hydrogen-bond donors (Lipinski definition) is 1. The molecule has 0 saturated carbocycles. The first-order valence-electron chi connectivity index (χ1n) is 8.04. The highest BCUT2D eigenvalue weighted by Gasteiger charge is 2.47. The highest BCUT2D eigenvalue weighted by molar-refractivity contribution is 7.07. The minimum absolute atomic E-state index is 0.0146. The molecular weight excluding hydrogens is 326 g/mol. The average Bonchev–Trinajstić information content (AvgIpc) is 3.29. The molecule has 2 aromatic rings. The van der Waals surface area contributed by atoms with E-state index in [9.17, 15) is 9.59 Å². The Kier molecular flexibility index (Phi) is 3.64. The van der Waals surface area contributed by atoms with Gasteiger partial charge in [-0.3, -0.25) is 14.3 Å². The second-order valence-electron chi connectivity index (χ2n) is 6.64. The van der Waals surface area contributed by atoms with Crippen LogP contribution in [0.2, 0.25) is 0 Å². The summed E-state index contributed by atoms with van der Waals surface area (Å²) in [5.74, 6) is -0.0824. The van der Waals surface area contributed by atoms with Gasteiger partial charge in [-0.15, -0.1) is 11.3 Å². The molecule has 2 aliphatic rings. The number of nitrogens with zero attached hydrogens (tertiary/aromatic N) is 4. The Morgan fingerprint density at radius 1 is 1.42 bits per heavy atom. The molecule has 2 aliphatic heterocycles. The molecule has 1 N–H and O–H groups in total. The molecule has 2 saturated heterocycles. The van der Waals surface area contributed by atoms with Crippen LogP contribution in [-0.2, 0) is 11.8 Å². The molecule has 0 aliphatic carbocycles. The summed E-state index contributed by atoms with van der Waals surface area (Å²) < 4.78 is 1.72. The van der Waals surface area contributed by atoms with Crippen LogP contribution in [0, 0.1) is 0 Å². The molecule has 24 heavy (non-hydrogen) atoms. The number of carbonyl (C=O) groups is 2. The number of aromatic nitrogens is 3. The van der Waals surface area contributed by atoms with Gasteiger partial charge in [0.15, 0.2) is 0 Å². The van der Waals surface area contributed by atoms with Crippen LogP contribution in [0.4, 0.5) is 0 Å². The Balaban J connectivity index is 1.44. The zero-order valence-corrected chi connectivity index (χ0v) is 14.3. The minimum atomic E-state index is -0.198. The molecule has 8 heteroatoms. The van der Waals surface area contributed by atoms with Crippen molar-refractivity contribution in [3.8, 4) is 0 Å². The van der Waals surface area contributed by atoms with Crippen LogP contribution in [0.1, 0.15) is 41.2 Å². The second-order valence-corrected chi connectivity index (χ2v) is 7.36. The summed E-state index contributed by atoms with van der Waals surface area (Å²) in [7, 11) is 1.86. The molecule has 126 valence electrons. The van der Waals surface area contributed by atoms with E-state index in [0.717, 1.165) is 24.8 Å². The van der Waals surface area contributed by atoms with Crippen molar-refractivity contribution in [1.82, 2.24) is 25.0 Å². The van der Waals surface area contributed by atoms with Crippen molar-refractivity contribution in [3.05, 3.63) is 34.5 Å². The number of rotatable bonds is 2. The predicted octanol–water partition coefficient (Wildman–Crippen LogP) is 1.16. The lowest BCUT2D eigenvalue weighted by Gasteiger charge is -2.39. The van der Waals surface area contributed by atoms with Crippen molar-refractivity contribution >= 4 is 23.2 Å². The quantitative estimate of drug-likeness (QED) is 0.886. The number of nitrogens with one attached hydrogen (secondary N) is 1. The molecule has 2 aromatic heterocycles. The lowest BCUT2D eigenvalue weighted by atomic mass is 9.82. The molecule has 2 fully saturated rings. The predicted molar refractivity (Wildman–Crippen MR) is 88.7 cm³/mol. The summed E-state index contributed by atoms with van der Waals surface area (Å²) in [6.07, 6.45) is 6.02. The monoisotopic (exact) mass is 345 g/mol. The van der Waals surface area contributed by atoms with E-state index in [1.54, 1.807) is 21.8 Å². The van der Waals surface area contributed by atoms with Crippen molar-refractivity contribution in [2.45, 2.75) is 30.7 Å². The number of amides is 2. The summed E-state index contributed by atoms with van der Waals surface area (Å²) in [5.41, 5.74) is 2.96. The zero-order valence-electron chi connectivity index (χ0n) is 13.4. The Morgan fingerprint density at radius 2 is 2.21 bits per heavy atom. The fourth-order valence-corrected chi connectivity index (χ4v) is 4.25. The van der Waals surface area contributed by atoms with Crippen molar-refractivity contribution in [2.75, 3.05) is 13.1 Å². The lowest BCUT2D eigenvalue weighted by molar-refractivity contribution is -0.121. The van der Waals surface area contributed by atoms with Gasteiger partial charge in [-0.2, -0.15) is 5.10 Å². The summed E-state index contributed by atoms with van der Waals surface area (Å²) in [6, 6.07) is 0. The summed E-state index contributed by atoms with van der Waals surface area (Å²) in [5, 5.41) is 9.14. The topological polar surface area (TPSA) is 80.1 Å². The number of thiazole rings is 1. The Labute approximate surface area is 143 Å². The normalized spacial score (nSPS) is 22.8. The van der Waals surface area contributed by atoms with Crippen molar-refractivity contribution in [3.63, 3.8) is 0 Å². The number of likely N-dealkylation sites (tertiary alicyclic amines) is 1. The third-order valence-corrected chi connectivity index (χ3v) is 5.67. The lowest BCUT2D eigenvalue weighted by Crippen LogP contribution is -2.52. The van der Waals surface area contributed by atoms with Gasteiger partial charge in [-0.1, -0.05) is 0 Å². The Bertz CT molecular complexity index is 761. The smallest absolute Gasteiger partial charge is 0.273 e. The van der Waals surface area contributed by atoms with Crippen LogP contribution < -0.4 is 5.32 Å². The first kappa shape index (κ1) is 15.3. The van der Waals surface area contributed by atoms with Gasteiger partial charge < -0.3 is 10.2 Å². The van der Waals surface area contributed by atoms with Crippen molar-refractivity contribution in [1.29, 1.82) is 0 Å². The summed E-state index contributed by atoms with van der Waals surface area (Å²) >= 11 is 1.43. The van der Waals surface area contributed by atoms with E-state index >= 15 is 0 Å². The van der Waals surface area contributed by atoms with Gasteiger partial charge in [0.25, 0.3) is 5.91 Å². The minimum Gasteiger partial charge on any atom is -0.350 e. The maximum absolute atomic E-state index is 12.4. The van der Waals surface area contributed by atoms with E-state index in [2.05, 4.69) is 15.4 Å². The largest absolute Gasteiger partial charge is 0.350 e. The SMILES string of the molecule is Cn1cc(C2CC3(CCN(C(=O)c4cscn4)CC3)NC2=O)cn1. The highest BCUT2D eigenvalue weighted by Crippen LogP contribution is 2.39. The Hall–Kier alpha value is -2.22. The molecular formula is C16H19N5O2S. The maximum atomic E-state index is 12.4. The first-order valence-corrected chi connectivity index (χ1v) is 8.99. The van der Waals surface area contributed by atoms with E-state index < -0.39 is 0 Å². The average molecular weight is 345 g/mol. The third kappa shape index (κ3) is 2.60. The van der Waals surface area contributed by atoms with Gasteiger partial charge in [0.2, 0.25) is 5.91 Å². The molecule has 2 amide bonds. The van der Waals surface area contributed by atoms with Crippen LogP contribution in [0.5, 0.6) is 0 Å². The van der Waals surface area contributed by atoms with Crippen LogP contribution in [0.15, 0.2) is 23.3 Å². The molecule has 0 bridgehead atoms.